The highest BCUT2D eigenvalue weighted by Crippen LogP contribution is 2.25. The predicted octanol–water partition coefficient (Wildman–Crippen LogP) is 1.48. The van der Waals surface area contributed by atoms with Crippen LogP contribution >= 0.6 is 0 Å². The molecule has 2 aliphatic rings. The number of carbonyl (C=O) groups is 1. The molecule has 0 aliphatic carbocycles. The van der Waals surface area contributed by atoms with E-state index in [2.05, 4.69) is 24.8 Å². The summed E-state index contributed by atoms with van der Waals surface area (Å²) in [7, 11) is 0. The minimum absolute atomic E-state index is 0.0776. The van der Waals surface area contributed by atoms with E-state index in [9.17, 15) is 4.79 Å². The van der Waals surface area contributed by atoms with Gasteiger partial charge in [-0.25, -0.2) is 0 Å². The molecule has 1 amide bonds. The average Bonchev–Trinajstić information content (AvgIpc) is 2.71. The molecule has 4 heteroatoms. The molecule has 2 saturated heterocycles. The van der Waals surface area contributed by atoms with Crippen LogP contribution in [0.2, 0.25) is 0 Å². The number of amides is 1. The fraction of sp³-hybridized carbons (Fsp3) is 0.857. The van der Waals surface area contributed by atoms with Crippen LogP contribution in [0.1, 0.15) is 33.1 Å². The highest BCUT2D eigenvalue weighted by Gasteiger charge is 2.35. The lowest BCUT2D eigenvalue weighted by atomic mass is 10.0. The molecule has 2 rings (SSSR count). The van der Waals surface area contributed by atoms with Crippen molar-refractivity contribution in [1.82, 2.24) is 9.80 Å². The van der Waals surface area contributed by atoms with Gasteiger partial charge in [0.2, 0.25) is 5.91 Å². The fourth-order valence-corrected chi connectivity index (χ4v) is 3.10. The molecule has 4 nitrogen and oxygen atoms in total. The number of likely N-dealkylation sites (tertiary alicyclic amines) is 2. The van der Waals surface area contributed by atoms with E-state index in [0.717, 1.165) is 32.5 Å². The zero-order valence-electron chi connectivity index (χ0n) is 11.4. The average molecular weight is 249 g/mol. The number of hydrogen-bond acceptors (Lipinski definition) is 3. The van der Waals surface area contributed by atoms with Crippen molar-refractivity contribution in [3.63, 3.8) is 0 Å². The van der Waals surface area contributed by atoms with Crippen molar-refractivity contribution in [2.24, 2.45) is 11.8 Å². The van der Waals surface area contributed by atoms with Crippen LogP contribution in [0.3, 0.4) is 0 Å². The summed E-state index contributed by atoms with van der Waals surface area (Å²) in [6.45, 7) is 8.47. The predicted molar refractivity (Wildman–Crippen MR) is 69.7 cm³/mol. The highest BCUT2D eigenvalue weighted by molar-refractivity contribution is 5.79. The molecule has 100 valence electrons. The SMILES string of the molecule is CC(C)CN1CCC(N2CC(C#N)CC2=O)CC1. The zero-order chi connectivity index (χ0) is 13.1. The summed E-state index contributed by atoms with van der Waals surface area (Å²) in [5.41, 5.74) is 0. The first-order valence-corrected chi connectivity index (χ1v) is 7.01. The van der Waals surface area contributed by atoms with Gasteiger partial charge in [-0.2, -0.15) is 5.26 Å². The topological polar surface area (TPSA) is 47.3 Å². The molecule has 0 radical (unpaired) electrons. The maximum atomic E-state index is 11.9. The van der Waals surface area contributed by atoms with Gasteiger partial charge in [0.15, 0.2) is 0 Å². The number of nitriles is 1. The number of carbonyl (C=O) groups excluding carboxylic acids is 1. The van der Waals surface area contributed by atoms with E-state index in [-0.39, 0.29) is 11.8 Å². The van der Waals surface area contributed by atoms with Gasteiger partial charge in [0.1, 0.15) is 0 Å². The lowest BCUT2D eigenvalue weighted by Gasteiger charge is -2.37. The van der Waals surface area contributed by atoms with Crippen LogP contribution in [0, 0.1) is 23.2 Å². The summed E-state index contributed by atoms with van der Waals surface area (Å²) in [6.07, 6.45) is 2.57. The Morgan fingerprint density at radius 3 is 2.56 bits per heavy atom. The summed E-state index contributed by atoms with van der Waals surface area (Å²) >= 11 is 0. The molecule has 0 aromatic carbocycles. The van der Waals surface area contributed by atoms with Crippen LogP contribution < -0.4 is 0 Å². The molecule has 0 spiro atoms. The van der Waals surface area contributed by atoms with Gasteiger partial charge in [-0.1, -0.05) is 13.8 Å². The summed E-state index contributed by atoms with van der Waals surface area (Å²) in [6, 6.07) is 2.60. The monoisotopic (exact) mass is 249 g/mol. The van der Waals surface area contributed by atoms with Gasteiger partial charge in [-0.05, 0) is 18.8 Å². The quantitative estimate of drug-likeness (QED) is 0.761. The maximum Gasteiger partial charge on any atom is 0.224 e. The smallest absolute Gasteiger partial charge is 0.224 e. The van der Waals surface area contributed by atoms with Gasteiger partial charge in [-0.3, -0.25) is 4.79 Å². The van der Waals surface area contributed by atoms with Crippen molar-refractivity contribution in [2.75, 3.05) is 26.2 Å². The number of piperidine rings is 1. The molecule has 18 heavy (non-hydrogen) atoms. The van der Waals surface area contributed by atoms with Crippen LogP contribution in [0.4, 0.5) is 0 Å². The Balaban J connectivity index is 1.83. The van der Waals surface area contributed by atoms with E-state index in [1.54, 1.807) is 0 Å². The lowest BCUT2D eigenvalue weighted by molar-refractivity contribution is -0.130. The fourth-order valence-electron chi connectivity index (χ4n) is 3.10. The molecule has 2 fully saturated rings. The minimum Gasteiger partial charge on any atom is -0.338 e. The van der Waals surface area contributed by atoms with E-state index in [0.29, 0.717) is 24.9 Å². The Labute approximate surface area is 110 Å². The van der Waals surface area contributed by atoms with Crippen molar-refractivity contribution in [2.45, 2.75) is 39.2 Å². The van der Waals surface area contributed by atoms with Crippen molar-refractivity contribution in [3.8, 4) is 6.07 Å². The van der Waals surface area contributed by atoms with Gasteiger partial charge in [0, 0.05) is 38.6 Å². The number of nitrogens with zero attached hydrogens (tertiary/aromatic N) is 3. The third-order valence-electron chi connectivity index (χ3n) is 3.96. The van der Waals surface area contributed by atoms with Crippen LogP contribution in [-0.2, 0) is 4.79 Å². The highest BCUT2D eigenvalue weighted by atomic mass is 16.2. The van der Waals surface area contributed by atoms with E-state index in [1.165, 1.54) is 0 Å². The first kappa shape index (κ1) is 13.4. The molecule has 0 N–H and O–H groups in total. The molecule has 0 bridgehead atoms. The first-order valence-electron chi connectivity index (χ1n) is 7.01. The third-order valence-corrected chi connectivity index (χ3v) is 3.96. The van der Waals surface area contributed by atoms with Crippen LogP contribution in [-0.4, -0.2) is 47.9 Å². The van der Waals surface area contributed by atoms with E-state index < -0.39 is 0 Å². The summed E-state index contributed by atoms with van der Waals surface area (Å²) in [5.74, 6) is 0.813. The van der Waals surface area contributed by atoms with Crippen molar-refractivity contribution in [3.05, 3.63) is 0 Å². The second-order valence-corrected chi connectivity index (χ2v) is 6.00. The van der Waals surface area contributed by atoms with Crippen LogP contribution in [0.5, 0.6) is 0 Å². The summed E-state index contributed by atoms with van der Waals surface area (Å²) in [5, 5.41) is 8.90. The van der Waals surface area contributed by atoms with Crippen molar-refractivity contribution in [1.29, 1.82) is 5.26 Å². The molecule has 1 unspecified atom stereocenters. The third kappa shape index (κ3) is 3.02. The van der Waals surface area contributed by atoms with Gasteiger partial charge < -0.3 is 9.80 Å². The van der Waals surface area contributed by atoms with Crippen molar-refractivity contribution < 1.29 is 4.79 Å². The van der Waals surface area contributed by atoms with Crippen molar-refractivity contribution >= 4 is 5.91 Å². The van der Waals surface area contributed by atoms with Gasteiger partial charge in [0.25, 0.3) is 0 Å². The Kier molecular flexibility index (Phi) is 4.23. The molecule has 0 aromatic heterocycles. The number of rotatable bonds is 3. The molecular weight excluding hydrogens is 226 g/mol. The van der Waals surface area contributed by atoms with Gasteiger partial charge in [0.05, 0.1) is 12.0 Å². The van der Waals surface area contributed by atoms with E-state index in [1.807, 2.05) is 4.90 Å². The molecule has 1 atom stereocenters. The second kappa shape index (κ2) is 5.71. The normalized spacial score (nSPS) is 26.9. The van der Waals surface area contributed by atoms with E-state index >= 15 is 0 Å². The molecule has 0 saturated carbocycles. The summed E-state index contributed by atoms with van der Waals surface area (Å²) < 4.78 is 0. The Hall–Kier alpha value is -1.08. The Bertz CT molecular complexity index is 339. The zero-order valence-corrected chi connectivity index (χ0v) is 11.4. The first-order chi connectivity index (χ1) is 8.60. The largest absolute Gasteiger partial charge is 0.338 e. The maximum absolute atomic E-state index is 11.9. The van der Waals surface area contributed by atoms with Gasteiger partial charge >= 0.3 is 0 Å². The molecule has 2 heterocycles. The molecule has 2 aliphatic heterocycles. The lowest BCUT2D eigenvalue weighted by Crippen LogP contribution is -2.46. The van der Waals surface area contributed by atoms with Gasteiger partial charge in [-0.15, -0.1) is 0 Å². The van der Waals surface area contributed by atoms with E-state index in [4.69, 9.17) is 5.26 Å². The Morgan fingerprint density at radius 2 is 2.06 bits per heavy atom. The van der Waals surface area contributed by atoms with Crippen LogP contribution in [0.15, 0.2) is 0 Å². The second-order valence-electron chi connectivity index (χ2n) is 6.00. The summed E-state index contributed by atoms with van der Waals surface area (Å²) in [4.78, 5) is 16.3. The minimum atomic E-state index is -0.0776. The molecule has 0 aromatic rings. The number of hydrogen-bond donors (Lipinski definition) is 0. The van der Waals surface area contributed by atoms with Crippen LogP contribution in [0.25, 0.3) is 0 Å². The molecular formula is C14H23N3O. The standard InChI is InChI=1S/C14H23N3O/c1-11(2)9-16-5-3-13(4-6-16)17-10-12(8-15)7-14(17)18/h11-13H,3-7,9-10H2,1-2H3. The Morgan fingerprint density at radius 1 is 1.39 bits per heavy atom.